The lowest BCUT2D eigenvalue weighted by Gasteiger charge is -2.37. The Kier molecular flexibility index (Phi) is 4.93. The number of piperazine rings is 1. The van der Waals surface area contributed by atoms with Crippen LogP contribution in [0.3, 0.4) is 0 Å². The van der Waals surface area contributed by atoms with Crippen molar-refractivity contribution in [2.24, 2.45) is 0 Å². The quantitative estimate of drug-likeness (QED) is 0.933. The Hall–Kier alpha value is -1.68. The standard InChI is InChI=1S/C21H27N3/c1-2-6-18(7-3-1)16-23-10-12-24(13-11-23)17-21-14-19-8-4-5-9-20(19)15-22-21/h1-9,21-22H,10-17H2. The van der Waals surface area contributed by atoms with Crippen LogP contribution in [0.15, 0.2) is 54.6 Å². The van der Waals surface area contributed by atoms with Gasteiger partial charge in [0.25, 0.3) is 0 Å². The first-order chi connectivity index (χ1) is 11.9. The Morgan fingerprint density at radius 2 is 1.46 bits per heavy atom. The van der Waals surface area contributed by atoms with Crippen molar-refractivity contribution in [3.05, 3.63) is 71.3 Å². The first kappa shape index (κ1) is 15.8. The van der Waals surface area contributed by atoms with Gasteiger partial charge in [0.05, 0.1) is 0 Å². The molecular formula is C21H27N3. The predicted molar refractivity (Wildman–Crippen MR) is 98.9 cm³/mol. The summed E-state index contributed by atoms with van der Waals surface area (Å²) in [4.78, 5) is 5.21. The SMILES string of the molecule is c1ccc(CN2CCN(CC3Cc4ccccc4CN3)CC2)cc1. The van der Waals surface area contributed by atoms with Crippen molar-refractivity contribution in [2.75, 3.05) is 32.7 Å². The average Bonchev–Trinajstić information content (AvgIpc) is 2.64. The summed E-state index contributed by atoms with van der Waals surface area (Å²) in [6, 6.07) is 20.3. The second-order valence-electron chi connectivity index (χ2n) is 7.11. The highest BCUT2D eigenvalue weighted by molar-refractivity contribution is 5.30. The molecule has 0 saturated carbocycles. The second kappa shape index (κ2) is 7.47. The molecule has 1 N–H and O–H groups in total. The van der Waals surface area contributed by atoms with Crippen LogP contribution in [0.25, 0.3) is 0 Å². The number of hydrogen-bond donors (Lipinski definition) is 1. The molecule has 0 radical (unpaired) electrons. The third-order valence-corrected chi connectivity index (χ3v) is 5.36. The van der Waals surface area contributed by atoms with Gasteiger partial charge in [-0.05, 0) is 23.1 Å². The molecule has 3 nitrogen and oxygen atoms in total. The summed E-state index contributed by atoms with van der Waals surface area (Å²) in [6.07, 6.45) is 1.17. The number of benzene rings is 2. The molecule has 0 amide bonds. The van der Waals surface area contributed by atoms with Crippen molar-refractivity contribution in [1.29, 1.82) is 0 Å². The first-order valence-electron chi connectivity index (χ1n) is 9.15. The molecule has 126 valence electrons. The van der Waals surface area contributed by atoms with Gasteiger partial charge in [-0.25, -0.2) is 0 Å². The lowest BCUT2D eigenvalue weighted by atomic mass is 9.95. The van der Waals surface area contributed by atoms with Crippen molar-refractivity contribution in [3.8, 4) is 0 Å². The molecule has 2 aromatic rings. The zero-order chi connectivity index (χ0) is 16.2. The summed E-state index contributed by atoms with van der Waals surface area (Å²) in [5, 5.41) is 3.72. The molecule has 0 spiro atoms. The highest BCUT2D eigenvalue weighted by atomic mass is 15.3. The highest BCUT2D eigenvalue weighted by Gasteiger charge is 2.23. The highest BCUT2D eigenvalue weighted by Crippen LogP contribution is 2.17. The molecule has 0 aliphatic carbocycles. The van der Waals surface area contributed by atoms with E-state index >= 15 is 0 Å². The molecule has 0 bridgehead atoms. The molecule has 2 aromatic carbocycles. The molecule has 1 atom stereocenters. The molecule has 3 heteroatoms. The normalized spacial score (nSPS) is 22.2. The largest absolute Gasteiger partial charge is 0.308 e. The Labute approximate surface area is 145 Å². The zero-order valence-electron chi connectivity index (χ0n) is 14.3. The summed E-state index contributed by atoms with van der Waals surface area (Å²) in [5.74, 6) is 0. The minimum atomic E-state index is 0.598. The number of hydrogen-bond acceptors (Lipinski definition) is 3. The van der Waals surface area contributed by atoms with Crippen LogP contribution in [-0.2, 0) is 19.5 Å². The van der Waals surface area contributed by atoms with Gasteiger partial charge in [0.2, 0.25) is 0 Å². The van der Waals surface area contributed by atoms with E-state index in [0.717, 1.165) is 13.1 Å². The van der Waals surface area contributed by atoms with Crippen LogP contribution >= 0.6 is 0 Å². The summed E-state index contributed by atoms with van der Waals surface area (Å²) in [6.45, 7) is 8.02. The van der Waals surface area contributed by atoms with Gasteiger partial charge in [-0.1, -0.05) is 54.6 Å². The van der Waals surface area contributed by atoms with Gasteiger partial charge >= 0.3 is 0 Å². The van der Waals surface area contributed by atoms with Crippen LogP contribution in [0.1, 0.15) is 16.7 Å². The Morgan fingerprint density at radius 1 is 0.792 bits per heavy atom. The van der Waals surface area contributed by atoms with Gasteiger partial charge in [-0.3, -0.25) is 9.80 Å². The van der Waals surface area contributed by atoms with Crippen LogP contribution in [0.5, 0.6) is 0 Å². The molecule has 2 heterocycles. The monoisotopic (exact) mass is 321 g/mol. The lowest BCUT2D eigenvalue weighted by molar-refractivity contribution is 0.117. The average molecular weight is 321 g/mol. The first-order valence-corrected chi connectivity index (χ1v) is 9.15. The zero-order valence-corrected chi connectivity index (χ0v) is 14.3. The van der Waals surface area contributed by atoms with E-state index < -0.39 is 0 Å². The molecule has 1 fully saturated rings. The van der Waals surface area contributed by atoms with E-state index in [1.807, 2.05) is 0 Å². The van der Waals surface area contributed by atoms with Gasteiger partial charge in [0.1, 0.15) is 0 Å². The van der Waals surface area contributed by atoms with Gasteiger partial charge in [-0.2, -0.15) is 0 Å². The number of rotatable bonds is 4. The van der Waals surface area contributed by atoms with E-state index in [4.69, 9.17) is 0 Å². The minimum Gasteiger partial charge on any atom is -0.308 e. The lowest BCUT2D eigenvalue weighted by Crippen LogP contribution is -2.51. The second-order valence-corrected chi connectivity index (χ2v) is 7.11. The molecule has 2 aliphatic heterocycles. The summed E-state index contributed by atoms with van der Waals surface area (Å²) in [5.41, 5.74) is 4.43. The van der Waals surface area contributed by atoms with Gasteiger partial charge in [-0.15, -0.1) is 0 Å². The fraction of sp³-hybridized carbons (Fsp3) is 0.429. The maximum absolute atomic E-state index is 3.72. The fourth-order valence-electron chi connectivity index (χ4n) is 3.93. The van der Waals surface area contributed by atoms with E-state index in [1.54, 1.807) is 0 Å². The van der Waals surface area contributed by atoms with Crippen molar-refractivity contribution in [1.82, 2.24) is 15.1 Å². The number of fused-ring (bicyclic) bond motifs is 1. The maximum Gasteiger partial charge on any atom is 0.0238 e. The van der Waals surface area contributed by atoms with Crippen molar-refractivity contribution in [3.63, 3.8) is 0 Å². The maximum atomic E-state index is 3.72. The third-order valence-electron chi connectivity index (χ3n) is 5.36. The van der Waals surface area contributed by atoms with Crippen LogP contribution in [0.2, 0.25) is 0 Å². The Balaban J connectivity index is 1.25. The van der Waals surface area contributed by atoms with Crippen LogP contribution in [0.4, 0.5) is 0 Å². The molecule has 4 rings (SSSR count). The molecule has 0 aromatic heterocycles. The Bertz CT molecular complexity index is 647. The predicted octanol–water partition coefficient (Wildman–Crippen LogP) is 2.52. The van der Waals surface area contributed by atoms with E-state index in [1.165, 1.54) is 55.8 Å². The van der Waals surface area contributed by atoms with E-state index in [0.29, 0.717) is 6.04 Å². The van der Waals surface area contributed by atoms with Gasteiger partial charge in [0, 0.05) is 51.9 Å². The molecule has 24 heavy (non-hydrogen) atoms. The van der Waals surface area contributed by atoms with Crippen molar-refractivity contribution < 1.29 is 0 Å². The van der Waals surface area contributed by atoms with Crippen LogP contribution in [-0.4, -0.2) is 48.6 Å². The van der Waals surface area contributed by atoms with Crippen molar-refractivity contribution in [2.45, 2.75) is 25.6 Å². The molecule has 2 aliphatic rings. The molecule has 1 saturated heterocycles. The number of nitrogens with one attached hydrogen (secondary N) is 1. The van der Waals surface area contributed by atoms with Crippen molar-refractivity contribution >= 4 is 0 Å². The summed E-state index contributed by atoms with van der Waals surface area (Å²) < 4.78 is 0. The van der Waals surface area contributed by atoms with E-state index in [9.17, 15) is 0 Å². The number of nitrogens with zero attached hydrogens (tertiary/aromatic N) is 2. The molecule has 1 unspecified atom stereocenters. The van der Waals surface area contributed by atoms with Crippen LogP contribution in [0, 0.1) is 0 Å². The van der Waals surface area contributed by atoms with E-state index in [2.05, 4.69) is 69.7 Å². The smallest absolute Gasteiger partial charge is 0.0238 e. The van der Waals surface area contributed by atoms with E-state index in [-0.39, 0.29) is 0 Å². The van der Waals surface area contributed by atoms with Gasteiger partial charge in [0.15, 0.2) is 0 Å². The summed E-state index contributed by atoms with van der Waals surface area (Å²) >= 11 is 0. The minimum absolute atomic E-state index is 0.598. The topological polar surface area (TPSA) is 18.5 Å². The van der Waals surface area contributed by atoms with Gasteiger partial charge < -0.3 is 5.32 Å². The molecular weight excluding hydrogens is 294 g/mol. The third kappa shape index (κ3) is 3.86. The Morgan fingerprint density at radius 3 is 2.25 bits per heavy atom. The van der Waals surface area contributed by atoms with Crippen LogP contribution < -0.4 is 5.32 Å². The fourth-order valence-corrected chi connectivity index (χ4v) is 3.93. The summed E-state index contributed by atoms with van der Waals surface area (Å²) in [7, 11) is 0.